The molecule has 1 aromatic carbocycles. The first-order valence-corrected chi connectivity index (χ1v) is 9.01. The van der Waals surface area contributed by atoms with Crippen LogP contribution in [0.15, 0.2) is 30.6 Å². The molecule has 0 spiro atoms. The van der Waals surface area contributed by atoms with E-state index in [1.807, 2.05) is 0 Å². The summed E-state index contributed by atoms with van der Waals surface area (Å²) in [5.41, 5.74) is 1.13. The second kappa shape index (κ2) is 8.35. The molecule has 12 heteroatoms. The molecule has 1 N–H and O–H groups in total. The van der Waals surface area contributed by atoms with Crippen molar-refractivity contribution in [1.82, 2.24) is 24.5 Å². The van der Waals surface area contributed by atoms with Gasteiger partial charge in [-0.2, -0.15) is 4.68 Å². The number of nitrogens with one attached hydrogen (secondary N) is 1. The molecule has 152 valence electrons. The molecule has 0 bridgehead atoms. The van der Waals surface area contributed by atoms with Crippen molar-refractivity contribution in [1.29, 1.82) is 0 Å². The maximum Gasteiger partial charge on any atom is 0.390 e. The highest BCUT2D eigenvalue weighted by Crippen LogP contribution is 2.21. The number of aryl methyl sites for hydroxylation is 1. The molecule has 1 atom stereocenters. The lowest BCUT2D eigenvalue weighted by Crippen LogP contribution is -2.27. The van der Waals surface area contributed by atoms with Crippen molar-refractivity contribution in [3.8, 4) is 0 Å². The quantitative estimate of drug-likeness (QED) is 0.462. The Balaban J connectivity index is 1.72. The van der Waals surface area contributed by atoms with Gasteiger partial charge in [-0.1, -0.05) is 24.6 Å². The molecule has 0 saturated heterocycles. The van der Waals surface area contributed by atoms with E-state index in [2.05, 4.69) is 20.5 Å². The third kappa shape index (κ3) is 4.57. The molecular formula is C17H17ClFN7O3. The number of halogens is 2. The normalized spacial score (nSPS) is 12.0. The molecule has 0 aliphatic carbocycles. The number of hydrogen-bond acceptors (Lipinski definition) is 6. The van der Waals surface area contributed by atoms with Gasteiger partial charge in [-0.15, -0.1) is 5.10 Å². The predicted octanol–water partition coefficient (Wildman–Crippen LogP) is 3.12. The van der Waals surface area contributed by atoms with E-state index in [-0.39, 0.29) is 23.3 Å². The SMILES string of the molecule is CCC(C(=O)Nc1ncn(Cc2ccc(F)cc2Cl)n1)n1nc([N+](=O)[O-])cc1C. The fourth-order valence-corrected chi connectivity index (χ4v) is 3.02. The number of hydrogen-bond donors (Lipinski definition) is 1. The minimum atomic E-state index is -0.762. The first-order valence-electron chi connectivity index (χ1n) is 8.63. The minimum absolute atomic E-state index is 0.0611. The first-order chi connectivity index (χ1) is 13.8. The maximum atomic E-state index is 13.1. The molecule has 0 radical (unpaired) electrons. The van der Waals surface area contributed by atoms with Crippen LogP contribution in [-0.2, 0) is 11.3 Å². The zero-order valence-corrected chi connectivity index (χ0v) is 16.3. The number of nitrogens with zero attached hydrogens (tertiary/aromatic N) is 6. The van der Waals surface area contributed by atoms with E-state index < -0.39 is 22.7 Å². The molecule has 2 aromatic heterocycles. The predicted molar refractivity (Wildman–Crippen MR) is 102 cm³/mol. The highest BCUT2D eigenvalue weighted by molar-refractivity contribution is 6.31. The van der Waals surface area contributed by atoms with Crippen molar-refractivity contribution < 1.29 is 14.1 Å². The molecule has 0 saturated carbocycles. The van der Waals surface area contributed by atoms with Gasteiger partial charge >= 0.3 is 5.82 Å². The van der Waals surface area contributed by atoms with Gasteiger partial charge in [0.05, 0.1) is 23.4 Å². The van der Waals surface area contributed by atoms with Crippen LogP contribution in [0.5, 0.6) is 0 Å². The van der Waals surface area contributed by atoms with Crippen LogP contribution in [0.3, 0.4) is 0 Å². The van der Waals surface area contributed by atoms with E-state index >= 15 is 0 Å². The van der Waals surface area contributed by atoms with E-state index in [4.69, 9.17) is 11.6 Å². The Hall–Kier alpha value is -3.34. The van der Waals surface area contributed by atoms with Gasteiger partial charge in [0.25, 0.3) is 5.91 Å². The monoisotopic (exact) mass is 421 g/mol. The average molecular weight is 422 g/mol. The van der Waals surface area contributed by atoms with Gasteiger partial charge in [-0.25, -0.2) is 14.1 Å². The Bertz CT molecular complexity index is 1070. The number of aromatic nitrogens is 5. The molecule has 10 nitrogen and oxygen atoms in total. The summed E-state index contributed by atoms with van der Waals surface area (Å²) in [7, 11) is 0. The molecule has 0 aliphatic heterocycles. The van der Waals surface area contributed by atoms with Crippen LogP contribution in [0, 0.1) is 22.9 Å². The summed E-state index contributed by atoms with van der Waals surface area (Å²) in [5.74, 6) is -1.16. The largest absolute Gasteiger partial charge is 0.390 e. The second-order valence-corrected chi connectivity index (χ2v) is 6.67. The Morgan fingerprint density at radius 1 is 1.38 bits per heavy atom. The highest BCUT2D eigenvalue weighted by atomic mass is 35.5. The number of carbonyl (C=O) groups is 1. The Kier molecular flexibility index (Phi) is 5.87. The molecule has 3 aromatic rings. The van der Waals surface area contributed by atoms with Crippen LogP contribution in [0.2, 0.25) is 5.02 Å². The van der Waals surface area contributed by atoms with E-state index in [0.717, 1.165) is 0 Å². The lowest BCUT2D eigenvalue weighted by atomic mass is 10.2. The van der Waals surface area contributed by atoms with Crippen LogP contribution >= 0.6 is 11.6 Å². The molecule has 3 rings (SSSR count). The van der Waals surface area contributed by atoms with E-state index in [0.29, 0.717) is 17.7 Å². The molecule has 2 heterocycles. The van der Waals surface area contributed by atoms with Gasteiger partial charge in [0.1, 0.15) is 12.1 Å². The third-order valence-corrected chi connectivity index (χ3v) is 4.55. The maximum absolute atomic E-state index is 13.1. The number of amides is 1. The van der Waals surface area contributed by atoms with Crippen LogP contribution in [-0.4, -0.2) is 35.4 Å². The third-order valence-electron chi connectivity index (χ3n) is 4.20. The lowest BCUT2D eigenvalue weighted by Gasteiger charge is -2.12. The van der Waals surface area contributed by atoms with Crippen molar-refractivity contribution in [2.24, 2.45) is 0 Å². The van der Waals surface area contributed by atoms with Gasteiger partial charge < -0.3 is 10.1 Å². The first kappa shape index (κ1) is 20.4. The molecule has 0 fully saturated rings. The summed E-state index contributed by atoms with van der Waals surface area (Å²) in [6.07, 6.45) is 1.76. The summed E-state index contributed by atoms with van der Waals surface area (Å²) < 4.78 is 15.9. The summed E-state index contributed by atoms with van der Waals surface area (Å²) in [6.45, 7) is 3.64. The molecular weight excluding hydrogens is 405 g/mol. The average Bonchev–Trinajstić information content (AvgIpc) is 3.25. The number of rotatable bonds is 7. The highest BCUT2D eigenvalue weighted by Gasteiger charge is 2.27. The van der Waals surface area contributed by atoms with Crippen LogP contribution in [0.1, 0.15) is 30.6 Å². The topological polar surface area (TPSA) is 121 Å². The van der Waals surface area contributed by atoms with Crippen LogP contribution in [0.25, 0.3) is 0 Å². The Morgan fingerprint density at radius 2 is 2.14 bits per heavy atom. The number of anilines is 1. The molecule has 0 aliphatic rings. The zero-order valence-electron chi connectivity index (χ0n) is 15.5. The summed E-state index contributed by atoms with van der Waals surface area (Å²) >= 11 is 6.01. The van der Waals surface area contributed by atoms with Crippen molar-refractivity contribution >= 4 is 29.3 Å². The Labute approximate surface area is 169 Å². The fourth-order valence-electron chi connectivity index (χ4n) is 2.79. The van der Waals surface area contributed by atoms with Crippen LogP contribution in [0.4, 0.5) is 16.2 Å². The van der Waals surface area contributed by atoms with Crippen molar-refractivity contribution in [2.45, 2.75) is 32.9 Å². The smallest absolute Gasteiger partial charge is 0.358 e. The van der Waals surface area contributed by atoms with Gasteiger partial charge in [-0.3, -0.25) is 10.1 Å². The standard InChI is InChI=1S/C17H17ClFN7O3/c1-3-14(25-10(2)6-15(22-25)26(28)29)16(27)21-17-20-9-24(23-17)8-11-4-5-12(19)7-13(11)18/h4-7,9,14H,3,8H2,1-2H3,(H,21,23,27). The van der Waals surface area contributed by atoms with Gasteiger partial charge in [-0.05, 0) is 36.0 Å². The van der Waals surface area contributed by atoms with Crippen molar-refractivity contribution in [3.05, 3.63) is 62.8 Å². The zero-order chi connectivity index (χ0) is 21.1. The Morgan fingerprint density at radius 3 is 2.76 bits per heavy atom. The van der Waals surface area contributed by atoms with E-state index in [1.165, 1.54) is 40.0 Å². The summed E-state index contributed by atoms with van der Waals surface area (Å²) in [5, 5.41) is 21.8. The van der Waals surface area contributed by atoms with E-state index in [1.54, 1.807) is 13.8 Å². The molecule has 1 amide bonds. The van der Waals surface area contributed by atoms with Gasteiger partial charge in [0, 0.05) is 5.02 Å². The van der Waals surface area contributed by atoms with Crippen LogP contribution < -0.4 is 5.32 Å². The summed E-state index contributed by atoms with van der Waals surface area (Å²) in [6, 6.07) is 4.57. The number of benzene rings is 1. The van der Waals surface area contributed by atoms with Gasteiger partial charge in [0.2, 0.25) is 5.95 Å². The molecule has 1 unspecified atom stereocenters. The minimum Gasteiger partial charge on any atom is -0.358 e. The summed E-state index contributed by atoms with van der Waals surface area (Å²) in [4.78, 5) is 27.0. The number of carbonyl (C=O) groups excluding carboxylic acids is 1. The number of nitro groups is 1. The fraction of sp³-hybridized carbons (Fsp3) is 0.294. The second-order valence-electron chi connectivity index (χ2n) is 6.26. The van der Waals surface area contributed by atoms with Crippen molar-refractivity contribution in [3.63, 3.8) is 0 Å². The molecule has 29 heavy (non-hydrogen) atoms. The van der Waals surface area contributed by atoms with Gasteiger partial charge in [0.15, 0.2) is 6.04 Å². The van der Waals surface area contributed by atoms with Crippen molar-refractivity contribution in [2.75, 3.05) is 5.32 Å². The van der Waals surface area contributed by atoms with E-state index in [9.17, 15) is 19.3 Å². The lowest BCUT2D eigenvalue weighted by molar-refractivity contribution is -0.389.